The molecular weight excluding hydrogens is 249 g/mol. The van der Waals surface area contributed by atoms with Crippen LogP contribution in [0.15, 0.2) is 36.7 Å². The van der Waals surface area contributed by atoms with Crippen molar-refractivity contribution < 1.29 is 13.9 Å². The monoisotopic (exact) mass is 261 g/mol. The van der Waals surface area contributed by atoms with Crippen molar-refractivity contribution in [3.63, 3.8) is 0 Å². The Balaban J connectivity index is 1.96. The fraction of sp³-hybridized carbons (Fsp3) is 0.154. The van der Waals surface area contributed by atoms with Gasteiger partial charge in [0.2, 0.25) is 0 Å². The second-order valence-electron chi connectivity index (χ2n) is 3.76. The Bertz CT molecular complexity index is 555. The van der Waals surface area contributed by atoms with Crippen LogP contribution in [0.25, 0.3) is 0 Å². The van der Waals surface area contributed by atoms with E-state index in [4.69, 9.17) is 0 Å². The molecule has 6 heteroatoms. The average molecular weight is 261 g/mol. The van der Waals surface area contributed by atoms with Gasteiger partial charge in [-0.15, -0.1) is 0 Å². The van der Waals surface area contributed by atoms with Gasteiger partial charge in [0, 0.05) is 6.54 Å². The lowest BCUT2D eigenvalue weighted by molar-refractivity contribution is 0.0593. The number of hydrogen-bond acceptors (Lipinski definition) is 5. The number of hydrogen-bond donors (Lipinski definition) is 1. The van der Waals surface area contributed by atoms with Crippen molar-refractivity contribution in [1.82, 2.24) is 9.97 Å². The summed E-state index contributed by atoms with van der Waals surface area (Å²) in [5.74, 6) is -0.277. The van der Waals surface area contributed by atoms with E-state index in [2.05, 4.69) is 20.0 Å². The van der Waals surface area contributed by atoms with Crippen LogP contribution in [0.3, 0.4) is 0 Å². The highest BCUT2D eigenvalue weighted by molar-refractivity contribution is 5.86. The largest absolute Gasteiger partial charge is 0.464 e. The molecule has 2 aromatic rings. The predicted octanol–water partition coefficient (Wildman–Crippen LogP) is 2.01. The molecule has 0 bridgehead atoms. The highest BCUT2D eigenvalue weighted by Crippen LogP contribution is 2.07. The molecule has 0 atom stereocenters. The summed E-state index contributed by atoms with van der Waals surface area (Å²) in [6, 6.07) is 6.14. The van der Waals surface area contributed by atoms with Crippen LogP contribution in [0.1, 0.15) is 16.1 Å². The van der Waals surface area contributed by atoms with Crippen LogP contribution in [0, 0.1) is 5.82 Å². The summed E-state index contributed by atoms with van der Waals surface area (Å²) in [6.45, 7) is 0.493. The average Bonchev–Trinajstić information content (AvgIpc) is 2.46. The van der Waals surface area contributed by atoms with Crippen molar-refractivity contribution in [3.8, 4) is 0 Å². The zero-order valence-electron chi connectivity index (χ0n) is 10.3. The van der Waals surface area contributed by atoms with Crippen LogP contribution in [-0.2, 0) is 11.3 Å². The molecule has 0 aliphatic carbocycles. The summed E-state index contributed by atoms with van der Waals surface area (Å²) >= 11 is 0. The molecule has 5 nitrogen and oxygen atoms in total. The molecular formula is C13H12FN3O2. The van der Waals surface area contributed by atoms with Gasteiger partial charge in [-0.25, -0.2) is 19.2 Å². The number of nitrogens with one attached hydrogen (secondary N) is 1. The first kappa shape index (κ1) is 12.9. The number of benzene rings is 1. The van der Waals surface area contributed by atoms with E-state index in [9.17, 15) is 9.18 Å². The lowest BCUT2D eigenvalue weighted by atomic mass is 10.2. The van der Waals surface area contributed by atoms with Gasteiger partial charge in [-0.05, 0) is 17.7 Å². The molecule has 0 saturated heterocycles. The van der Waals surface area contributed by atoms with Gasteiger partial charge >= 0.3 is 5.97 Å². The second kappa shape index (κ2) is 5.90. The van der Waals surface area contributed by atoms with E-state index in [0.29, 0.717) is 12.4 Å². The fourth-order valence-corrected chi connectivity index (χ4v) is 1.42. The first-order valence-electron chi connectivity index (χ1n) is 5.57. The Hall–Kier alpha value is -2.50. The molecule has 0 unspecified atom stereocenters. The van der Waals surface area contributed by atoms with E-state index in [0.717, 1.165) is 5.56 Å². The summed E-state index contributed by atoms with van der Waals surface area (Å²) in [6.07, 6.45) is 2.77. The molecule has 0 amide bonds. The fourth-order valence-electron chi connectivity index (χ4n) is 1.42. The number of halogens is 1. The van der Waals surface area contributed by atoms with E-state index in [1.807, 2.05) is 0 Å². The number of methoxy groups -OCH3 is 1. The van der Waals surface area contributed by atoms with E-state index in [-0.39, 0.29) is 11.5 Å². The molecule has 0 aliphatic rings. The van der Waals surface area contributed by atoms with Crippen molar-refractivity contribution in [2.75, 3.05) is 12.4 Å². The summed E-state index contributed by atoms with van der Waals surface area (Å²) in [5.41, 5.74) is 1.06. The highest BCUT2D eigenvalue weighted by Gasteiger charge is 2.06. The van der Waals surface area contributed by atoms with Gasteiger partial charge in [0.05, 0.1) is 19.5 Å². The summed E-state index contributed by atoms with van der Waals surface area (Å²) in [7, 11) is 1.28. The number of carbonyl (C=O) groups excluding carboxylic acids is 1. The minimum Gasteiger partial charge on any atom is -0.464 e. The van der Waals surface area contributed by atoms with Gasteiger partial charge in [-0.2, -0.15) is 0 Å². The van der Waals surface area contributed by atoms with Crippen LogP contribution in [0.5, 0.6) is 0 Å². The molecule has 0 radical (unpaired) electrons. The van der Waals surface area contributed by atoms with Gasteiger partial charge < -0.3 is 10.1 Å². The van der Waals surface area contributed by atoms with Crippen molar-refractivity contribution in [3.05, 3.63) is 53.7 Å². The number of anilines is 1. The number of nitrogens with zero attached hydrogens (tertiary/aromatic N) is 2. The number of aromatic nitrogens is 2. The first-order valence-corrected chi connectivity index (χ1v) is 5.57. The van der Waals surface area contributed by atoms with Crippen molar-refractivity contribution >= 4 is 11.8 Å². The SMILES string of the molecule is COC(=O)c1cnc(NCc2ccc(F)cc2)cn1. The van der Waals surface area contributed by atoms with Crippen LogP contribution in [0.4, 0.5) is 10.2 Å². The van der Waals surface area contributed by atoms with Gasteiger partial charge in [-0.1, -0.05) is 12.1 Å². The Morgan fingerprint density at radius 1 is 1.26 bits per heavy atom. The molecule has 19 heavy (non-hydrogen) atoms. The zero-order chi connectivity index (χ0) is 13.7. The normalized spacial score (nSPS) is 10.0. The second-order valence-corrected chi connectivity index (χ2v) is 3.76. The van der Waals surface area contributed by atoms with Gasteiger partial charge in [0.1, 0.15) is 11.6 Å². The standard InChI is InChI=1S/C13H12FN3O2/c1-19-13(18)11-7-17-12(8-15-11)16-6-9-2-4-10(14)5-3-9/h2-5,7-8H,6H2,1H3,(H,16,17). The Morgan fingerprint density at radius 3 is 2.58 bits per heavy atom. The third-order valence-corrected chi connectivity index (χ3v) is 2.43. The van der Waals surface area contributed by atoms with Gasteiger partial charge in [0.25, 0.3) is 0 Å². The van der Waals surface area contributed by atoms with Crippen LogP contribution >= 0.6 is 0 Å². The van der Waals surface area contributed by atoms with Gasteiger partial charge in [0.15, 0.2) is 5.69 Å². The third kappa shape index (κ3) is 3.48. The number of ether oxygens (including phenoxy) is 1. The van der Waals surface area contributed by atoms with E-state index < -0.39 is 5.97 Å². The molecule has 0 saturated carbocycles. The Morgan fingerprint density at radius 2 is 2.00 bits per heavy atom. The van der Waals surface area contributed by atoms with E-state index in [1.54, 1.807) is 12.1 Å². The number of rotatable bonds is 4. The molecule has 2 rings (SSSR count). The molecule has 98 valence electrons. The van der Waals surface area contributed by atoms with E-state index >= 15 is 0 Å². The summed E-state index contributed by atoms with van der Waals surface area (Å²) in [4.78, 5) is 19.1. The topological polar surface area (TPSA) is 64.1 Å². The molecule has 1 aromatic carbocycles. The molecule has 0 aliphatic heterocycles. The van der Waals surface area contributed by atoms with Crippen molar-refractivity contribution in [1.29, 1.82) is 0 Å². The first-order chi connectivity index (χ1) is 9.19. The molecule has 1 N–H and O–H groups in total. The lowest BCUT2D eigenvalue weighted by Crippen LogP contribution is -2.07. The quantitative estimate of drug-likeness (QED) is 0.853. The van der Waals surface area contributed by atoms with Crippen molar-refractivity contribution in [2.45, 2.75) is 6.54 Å². The maximum absolute atomic E-state index is 12.7. The van der Waals surface area contributed by atoms with Crippen LogP contribution in [-0.4, -0.2) is 23.0 Å². The molecule has 1 heterocycles. The minimum atomic E-state index is -0.530. The number of esters is 1. The van der Waals surface area contributed by atoms with E-state index in [1.165, 1.54) is 31.6 Å². The van der Waals surface area contributed by atoms with Crippen LogP contribution < -0.4 is 5.32 Å². The molecule has 1 aromatic heterocycles. The summed E-state index contributed by atoms with van der Waals surface area (Å²) in [5, 5.41) is 3.02. The Kier molecular flexibility index (Phi) is 4.02. The maximum atomic E-state index is 12.7. The molecule has 0 spiro atoms. The van der Waals surface area contributed by atoms with Crippen LogP contribution in [0.2, 0.25) is 0 Å². The smallest absolute Gasteiger partial charge is 0.358 e. The third-order valence-electron chi connectivity index (χ3n) is 2.43. The minimum absolute atomic E-state index is 0.148. The Labute approximate surface area is 109 Å². The predicted molar refractivity (Wildman–Crippen MR) is 67.1 cm³/mol. The van der Waals surface area contributed by atoms with Crippen molar-refractivity contribution in [2.24, 2.45) is 0 Å². The lowest BCUT2D eigenvalue weighted by Gasteiger charge is -2.05. The maximum Gasteiger partial charge on any atom is 0.358 e. The highest BCUT2D eigenvalue weighted by atomic mass is 19.1. The van der Waals surface area contributed by atoms with Gasteiger partial charge in [-0.3, -0.25) is 0 Å². The molecule has 0 fully saturated rings. The number of carbonyl (C=O) groups is 1. The zero-order valence-corrected chi connectivity index (χ0v) is 10.3. The summed E-state index contributed by atoms with van der Waals surface area (Å²) < 4.78 is 17.2.